The molecule has 1 saturated heterocycles. The molecule has 1 amide bonds. The number of ketones is 1. The third kappa shape index (κ3) is 6.88. The minimum atomic E-state index is -0.476. The molecule has 29 heavy (non-hydrogen) atoms. The second-order valence-electron chi connectivity index (χ2n) is 6.98. The minimum absolute atomic E-state index is 0.0346. The SMILES string of the molecule is CCOC(=O)CN1CCC(N(CCNc2ccc(C#N)cc2)C(=O)C(C)=O)CC1. The first-order valence-electron chi connectivity index (χ1n) is 9.88. The van der Waals surface area contributed by atoms with Crippen LogP contribution < -0.4 is 5.32 Å². The van der Waals surface area contributed by atoms with Crippen molar-refractivity contribution in [3.05, 3.63) is 29.8 Å². The molecular weight excluding hydrogens is 372 g/mol. The van der Waals surface area contributed by atoms with Gasteiger partial charge in [-0.05, 0) is 44.0 Å². The third-order valence-electron chi connectivity index (χ3n) is 4.91. The summed E-state index contributed by atoms with van der Waals surface area (Å²) >= 11 is 0. The van der Waals surface area contributed by atoms with Gasteiger partial charge in [-0.25, -0.2) is 0 Å². The Morgan fingerprint density at radius 2 is 1.90 bits per heavy atom. The number of carbonyl (C=O) groups is 3. The number of likely N-dealkylation sites (tertiary alicyclic amines) is 1. The van der Waals surface area contributed by atoms with E-state index in [4.69, 9.17) is 10.00 Å². The van der Waals surface area contributed by atoms with E-state index in [1.165, 1.54) is 6.92 Å². The fraction of sp³-hybridized carbons (Fsp3) is 0.524. The molecule has 1 aliphatic rings. The van der Waals surface area contributed by atoms with Gasteiger partial charge in [-0.2, -0.15) is 5.26 Å². The Morgan fingerprint density at radius 1 is 1.24 bits per heavy atom. The molecule has 0 atom stereocenters. The summed E-state index contributed by atoms with van der Waals surface area (Å²) in [4.78, 5) is 39.4. The van der Waals surface area contributed by atoms with Crippen LogP contribution in [0.3, 0.4) is 0 Å². The smallest absolute Gasteiger partial charge is 0.320 e. The lowest BCUT2D eigenvalue weighted by molar-refractivity contribution is -0.147. The van der Waals surface area contributed by atoms with Crippen LogP contribution in [0.25, 0.3) is 0 Å². The number of Topliss-reactive ketones (excluding diaryl/α,β-unsaturated/α-hetero) is 1. The van der Waals surface area contributed by atoms with Crippen LogP contribution in [0.15, 0.2) is 24.3 Å². The van der Waals surface area contributed by atoms with Crippen molar-refractivity contribution in [2.24, 2.45) is 0 Å². The van der Waals surface area contributed by atoms with Crippen LogP contribution in [-0.4, -0.2) is 72.8 Å². The summed E-state index contributed by atoms with van der Waals surface area (Å²) in [5, 5.41) is 12.1. The van der Waals surface area contributed by atoms with E-state index in [0.29, 0.717) is 51.2 Å². The fourth-order valence-corrected chi connectivity index (χ4v) is 3.41. The van der Waals surface area contributed by atoms with E-state index >= 15 is 0 Å². The predicted molar refractivity (Wildman–Crippen MR) is 108 cm³/mol. The maximum absolute atomic E-state index is 12.4. The molecule has 8 nitrogen and oxygen atoms in total. The fourth-order valence-electron chi connectivity index (χ4n) is 3.41. The zero-order chi connectivity index (χ0) is 21.2. The Morgan fingerprint density at radius 3 is 2.45 bits per heavy atom. The maximum atomic E-state index is 12.4. The van der Waals surface area contributed by atoms with Gasteiger partial charge in [0.15, 0.2) is 0 Å². The molecule has 1 heterocycles. The highest BCUT2D eigenvalue weighted by atomic mass is 16.5. The van der Waals surface area contributed by atoms with Crippen molar-refractivity contribution in [2.75, 3.05) is 44.6 Å². The number of hydrogen-bond donors (Lipinski definition) is 1. The van der Waals surface area contributed by atoms with Gasteiger partial charge in [-0.1, -0.05) is 0 Å². The van der Waals surface area contributed by atoms with Crippen LogP contribution in [0.2, 0.25) is 0 Å². The van der Waals surface area contributed by atoms with E-state index in [2.05, 4.69) is 11.4 Å². The molecule has 0 radical (unpaired) electrons. The first-order valence-corrected chi connectivity index (χ1v) is 9.88. The molecule has 1 fully saturated rings. The van der Waals surface area contributed by atoms with E-state index in [0.717, 1.165) is 5.69 Å². The van der Waals surface area contributed by atoms with Crippen LogP contribution >= 0.6 is 0 Å². The highest BCUT2D eigenvalue weighted by Gasteiger charge is 2.30. The molecule has 0 aromatic heterocycles. The van der Waals surface area contributed by atoms with Crippen LogP contribution in [0.4, 0.5) is 5.69 Å². The van der Waals surface area contributed by atoms with Gasteiger partial charge in [0.2, 0.25) is 5.78 Å². The lowest BCUT2D eigenvalue weighted by Crippen LogP contribution is -2.51. The molecule has 1 aromatic carbocycles. The van der Waals surface area contributed by atoms with E-state index < -0.39 is 11.7 Å². The molecular formula is C21H28N4O4. The highest BCUT2D eigenvalue weighted by molar-refractivity contribution is 6.35. The Kier molecular flexibility index (Phi) is 8.62. The maximum Gasteiger partial charge on any atom is 0.320 e. The average molecular weight is 400 g/mol. The normalized spacial score (nSPS) is 14.7. The first-order chi connectivity index (χ1) is 13.9. The van der Waals surface area contributed by atoms with Crippen molar-refractivity contribution in [1.29, 1.82) is 5.26 Å². The summed E-state index contributed by atoms with van der Waals surface area (Å²) in [5.41, 5.74) is 1.43. The van der Waals surface area contributed by atoms with Crippen LogP contribution in [-0.2, 0) is 19.1 Å². The van der Waals surface area contributed by atoms with Gasteiger partial charge in [0.05, 0.1) is 24.8 Å². The number of anilines is 1. The summed E-state index contributed by atoms with van der Waals surface area (Å²) in [5.74, 6) is -1.19. The number of ether oxygens (including phenoxy) is 1. The number of amides is 1. The molecule has 0 spiro atoms. The van der Waals surface area contributed by atoms with Gasteiger partial charge < -0.3 is 15.0 Å². The van der Waals surface area contributed by atoms with Gasteiger partial charge in [0, 0.05) is 44.8 Å². The van der Waals surface area contributed by atoms with Crippen molar-refractivity contribution in [2.45, 2.75) is 32.7 Å². The van der Waals surface area contributed by atoms with Gasteiger partial charge in [-0.3, -0.25) is 19.3 Å². The van der Waals surface area contributed by atoms with Crippen molar-refractivity contribution < 1.29 is 19.1 Å². The summed E-state index contributed by atoms with van der Waals surface area (Å²) < 4.78 is 4.98. The number of piperidine rings is 1. The van der Waals surface area contributed by atoms with Crippen LogP contribution in [0.5, 0.6) is 0 Å². The molecule has 1 N–H and O–H groups in total. The molecule has 0 saturated carbocycles. The molecule has 156 valence electrons. The zero-order valence-electron chi connectivity index (χ0n) is 17.0. The van der Waals surface area contributed by atoms with E-state index in [1.807, 2.05) is 17.0 Å². The Balaban J connectivity index is 1.89. The standard InChI is InChI=1S/C21H28N4O4/c1-3-29-20(27)15-24-11-8-19(9-12-24)25(21(28)16(2)26)13-10-23-18-6-4-17(14-22)5-7-18/h4-7,19,23H,3,8-13,15H2,1-2H3. The first kappa shape index (κ1) is 22.4. The molecule has 0 bridgehead atoms. The monoisotopic (exact) mass is 400 g/mol. The number of carbonyl (C=O) groups excluding carboxylic acids is 3. The Bertz CT molecular complexity index is 749. The summed E-state index contributed by atoms with van der Waals surface area (Å²) in [6, 6.07) is 9.10. The lowest BCUT2D eigenvalue weighted by Gasteiger charge is -2.38. The van der Waals surface area contributed by atoms with Crippen molar-refractivity contribution in [3.8, 4) is 6.07 Å². The van der Waals surface area contributed by atoms with Gasteiger partial charge in [0.25, 0.3) is 5.91 Å². The second kappa shape index (κ2) is 11.2. The quantitative estimate of drug-likeness (QED) is 0.494. The summed E-state index contributed by atoms with van der Waals surface area (Å²) in [6.45, 7) is 5.93. The molecule has 1 aromatic rings. The van der Waals surface area contributed by atoms with Gasteiger partial charge >= 0.3 is 5.97 Å². The number of benzene rings is 1. The average Bonchev–Trinajstić information content (AvgIpc) is 2.72. The molecule has 8 heteroatoms. The lowest BCUT2D eigenvalue weighted by atomic mass is 10.0. The number of rotatable bonds is 9. The summed E-state index contributed by atoms with van der Waals surface area (Å²) in [7, 11) is 0. The number of nitriles is 1. The number of nitrogens with zero attached hydrogens (tertiary/aromatic N) is 3. The van der Waals surface area contributed by atoms with Crippen LogP contribution in [0, 0.1) is 11.3 Å². The minimum Gasteiger partial charge on any atom is -0.465 e. The topological polar surface area (TPSA) is 103 Å². The van der Waals surface area contributed by atoms with Gasteiger partial charge in [-0.15, -0.1) is 0 Å². The molecule has 1 aliphatic heterocycles. The van der Waals surface area contributed by atoms with Crippen molar-refractivity contribution in [1.82, 2.24) is 9.80 Å². The van der Waals surface area contributed by atoms with E-state index in [1.54, 1.807) is 24.0 Å². The molecule has 0 unspecified atom stereocenters. The van der Waals surface area contributed by atoms with E-state index in [9.17, 15) is 14.4 Å². The van der Waals surface area contributed by atoms with Crippen LogP contribution in [0.1, 0.15) is 32.3 Å². The predicted octanol–water partition coefficient (Wildman–Crippen LogP) is 1.42. The summed E-state index contributed by atoms with van der Waals surface area (Å²) in [6.07, 6.45) is 1.41. The van der Waals surface area contributed by atoms with Crippen molar-refractivity contribution >= 4 is 23.3 Å². The third-order valence-corrected chi connectivity index (χ3v) is 4.91. The highest BCUT2D eigenvalue weighted by Crippen LogP contribution is 2.17. The molecule has 0 aliphatic carbocycles. The second-order valence-corrected chi connectivity index (χ2v) is 6.98. The van der Waals surface area contributed by atoms with Gasteiger partial charge in [0.1, 0.15) is 0 Å². The number of hydrogen-bond acceptors (Lipinski definition) is 7. The largest absolute Gasteiger partial charge is 0.465 e. The number of nitrogens with one attached hydrogen (secondary N) is 1. The van der Waals surface area contributed by atoms with Crippen molar-refractivity contribution in [3.63, 3.8) is 0 Å². The Hall–Kier alpha value is -2.92. The zero-order valence-corrected chi connectivity index (χ0v) is 17.0. The molecule has 2 rings (SSSR count). The number of esters is 1. The van der Waals surface area contributed by atoms with E-state index in [-0.39, 0.29) is 18.6 Å². The Labute approximate surface area is 171 Å².